The number of carboxylic acid groups (broad SMARTS) is 1. The third kappa shape index (κ3) is 2.85. The van der Waals surface area contributed by atoms with E-state index in [4.69, 9.17) is 5.73 Å². The van der Waals surface area contributed by atoms with E-state index in [1.165, 1.54) is 4.90 Å². The lowest BCUT2D eigenvalue weighted by Crippen LogP contribution is -2.52. The number of hydrogen-bond acceptors (Lipinski definition) is 3. The second-order valence-electron chi connectivity index (χ2n) is 4.48. The van der Waals surface area contributed by atoms with E-state index in [0.29, 0.717) is 26.1 Å². The number of nitrogens with one attached hydrogen (secondary N) is 1. The summed E-state index contributed by atoms with van der Waals surface area (Å²) in [6.45, 7) is 0.973. The number of urea groups is 1. The average Bonchev–Trinajstić information content (AvgIpc) is 2.43. The number of amides is 2. The third-order valence-corrected chi connectivity index (χ3v) is 3.22. The van der Waals surface area contributed by atoms with Gasteiger partial charge in [-0.25, -0.2) is 9.59 Å². The maximum atomic E-state index is 12.0. The van der Waals surface area contributed by atoms with E-state index in [9.17, 15) is 14.7 Å². The van der Waals surface area contributed by atoms with Crippen LogP contribution in [0.2, 0.25) is 0 Å². The number of rotatable bonds is 3. The van der Waals surface area contributed by atoms with Gasteiger partial charge in [-0.2, -0.15) is 0 Å². The van der Waals surface area contributed by atoms with Gasteiger partial charge in [0.25, 0.3) is 0 Å². The quantitative estimate of drug-likeness (QED) is 0.724. The first kappa shape index (κ1) is 13.4. The third-order valence-electron chi connectivity index (χ3n) is 3.22. The van der Waals surface area contributed by atoms with E-state index in [0.717, 1.165) is 11.1 Å². The summed E-state index contributed by atoms with van der Waals surface area (Å²) in [5.74, 6) is -0.989. The van der Waals surface area contributed by atoms with E-state index in [-0.39, 0.29) is 6.03 Å². The number of nitrogens with zero attached hydrogens (tertiary/aromatic N) is 1. The Balaban J connectivity index is 2.21. The first-order valence-corrected chi connectivity index (χ1v) is 6.17. The average molecular weight is 263 g/mol. The van der Waals surface area contributed by atoms with Gasteiger partial charge in [0.1, 0.15) is 6.04 Å². The molecule has 1 aliphatic rings. The lowest BCUT2D eigenvalue weighted by atomic mass is 9.94. The Labute approximate surface area is 111 Å². The van der Waals surface area contributed by atoms with Gasteiger partial charge in [0.2, 0.25) is 0 Å². The summed E-state index contributed by atoms with van der Waals surface area (Å²) in [4.78, 5) is 24.6. The maximum absolute atomic E-state index is 12.0. The molecule has 6 heteroatoms. The minimum Gasteiger partial charge on any atom is -0.480 e. The van der Waals surface area contributed by atoms with Gasteiger partial charge in [-0.05, 0) is 11.1 Å². The Morgan fingerprint density at radius 2 is 2.05 bits per heavy atom. The van der Waals surface area contributed by atoms with Crippen molar-refractivity contribution in [3.05, 3.63) is 35.4 Å². The Hall–Kier alpha value is -2.08. The minimum atomic E-state index is -0.989. The number of carboxylic acids is 1. The van der Waals surface area contributed by atoms with Crippen LogP contribution in [0.25, 0.3) is 0 Å². The maximum Gasteiger partial charge on any atom is 0.326 e. The van der Waals surface area contributed by atoms with Crippen molar-refractivity contribution >= 4 is 12.0 Å². The molecule has 0 spiro atoms. The topological polar surface area (TPSA) is 95.7 Å². The Morgan fingerprint density at radius 1 is 1.37 bits per heavy atom. The lowest BCUT2D eigenvalue weighted by molar-refractivity contribution is -0.142. The van der Waals surface area contributed by atoms with Crippen LogP contribution in [0.15, 0.2) is 24.3 Å². The van der Waals surface area contributed by atoms with Gasteiger partial charge >= 0.3 is 12.0 Å². The van der Waals surface area contributed by atoms with Crippen molar-refractivity contribution in [1.29, 1.82) is 0 Å². The molecule has 19 heavy (non-hydrogen) atoms. The molecule has 6 nitrogen and oxygen atoms in total. The summed E-state index contributed by atoms with van der Waals surface area (Å²) < 4.78 is 0. The van der Waals surface area contributed by atoms with Gasteiger partial charge in [0.05, 0.1) is 0 Å². The number of benzene rings is 1. The van der Waals surface area contributed by atoms with Crippen molar-refractivity contribution in [2.45, 2.75) is 19.0 Å². The lowest BCUT2D eigenvalue weighted by Gasteiger charge is -2.34. The van der Waals surface area contributed by atoms with E-state index in [1.54, 1.807) is 0 Å². The van der Waals surface area contributed by atoms with Crippen molar-refractivity contribution in [1.82, 2.24) is 10.2 Å². The van der Waals surface area contributed by atoms with E-state index in [1.807, 2.05) is 24.3 Å². The molecule has 1 aromatic carbocycles. The molecule has 4 N–H and O–H groups in total. The zero-order valence-corrected chi connectivity index (χ0v) is 10.5. The van der Waals surface area contributed by atoms with Crippen molar-refractivity contribution in [3.63, 3.8) is 0 Å². The summed E-state index contributed by atoms with van der Waals surface area (Å²) in [7, 11) is 0. The normalized spacial score (nSPS) is 17.7. The number of carbonyl (C=O) groups is 2. The summed E-state index contributed by atoms with van der Waals surface area (Å²) in [5.41, 5.74) is 7.30. The molecular formula is C13H17N3O3. The largest absolute Gasteiger partial charge is 0.480 e. The van der Waals surface area contributed by atoms with E-state index < -0.39 is 12.0 Å². The van der Waals surface area contributed by atoms with E-state index >= 15 is 0 Å². The minimum absolute atomic E-state index is 0.309. The van der Waals surface area contributed by atoms with Crippen LogP contribution < -0.4 is 11.1 Å². The van der Waals surface area contributed by atoms with Gasteiger partial charge in [0.15, 0.2) is 0 Å². The molecule has 0 saturated heterocycles. The highest BCUT2D eigenvalue weighted by atomic mass is 16.4. The first-order chi connectivity index (χ1) is 9.13. The fraction of sp³-hybridized carbons (Fsp3) is 0.385. The Morgan fingerprint density at radius 3 is 2.68 bits per heavy atom. The van der Waals surface area contributed by atoms with Crippen LogP contribution in [0.4, 0.5) is 4.79 Å². The van der Waals surface area contributed by atoms with Crippen LogP contribution in [-0.2, 0) is 17.8 Å². The highest BCUT2D eigenvalue weighted by molar-refractivity contribution is 5.83. The number of hydrogen-bond donors (Lipinski definition) is 3. The van der Waals surface area contributed by atoms with Crippen LogP contribution in [0.3, 0.4) is 0 Å². The van der Waals surface area contributed by atoms with Gasteiger partial charge in [-0.1, -0.05) is 24.3 Å². The van der Waals surface area contributed by atoms with Gasteiger partial charge in [-0.15, -0.1) is 0 Å². The van der Waals surface area contributed by atoms with Crippen molar-refractivity contribution < 1.29 is 14.7 Å². The zero-order chi connectivity index (χ0) is 13.8. The van der Waals surface area contributed by atoms with Gasteiger partial charge in [0, 0.05) is 26.1 Å². The molecule has 102 valence electrons. The molecule has 1 heterocycles. The molecule has 0 bridgehead atoms. The van der Waals surface area contributed by atoms with Crippen molar-refractivity contribution in [2.75, 3.05) is 13.1 Å². The molecule has 1 unspecified atom stereocenters. The second kappa shape index (κ2) is 5.71. The molecule has 0 aromatic heterocycles. The van der Waals surface area contributed by atoms with Crippen LogP contribution in [-0.4, -0.2) is 41.1 Å². The Bertz CT molecular complexity index is 490. The fourth-order valence-electron chi connectivity index (χ4n) is 2.24. The van der Waals surface area contributed by atoms with Crippen molar-refractivity contribution in [3.8, 4) is 0 Å². The molecule has 1 atom stereocenters. The molecule has 0 fully saturated rings. The first-order valence-electron chi connectivity index (χ1n) is 6.17. The number of nitrogens with two attached hydrogens (primary N) is 1. The molecule has 1 aromatic rings. The van der Waals surface area contributed by atoms with Crippen LogP contribution in [0, 0.1) is 0 Å². The molecule has 0 aliphatic carbocycles. The van der Waals surface area contributed by atoms with Crippen LogP contribution in [0.1, 0.15) is 11.1 Å². The second-order valence-corrected chi connectivity index (χ2v) is 4.48. The van der Waals surface area contributed by atoms with Gasteiger partial charge in [-0.3, -0.25) is 0 Å². The highest BCUT2D eigenvalue weighted by Crippen LogP contribution is 2.23. The summed E-state index contributed by atoms with van der Waals surface area (Å²) >= 11 is 0. The molecule has 2 rings (SSSR count). The monoisotopic (exact) mass is 263 g/mol. The fourth-order valence-corrected chi connectivity index (χ4v) is 2.24. The smallest absolute Gasteiger partial charge is 0.326 e. The summed E-state index contributed by atoms with van der Waals surface area (Å²) in [5, 5.41) is 11.9. The number of fused-ring (bicyclic) bond motifs is 1. The molecule has 1 aliphatic heterocycles. The Kier molecular flexibility index (Phi) is 4.01. The van der Waals surface area contributed by atoms with E-state index in [2.05, 4.69) is 5.32 Å². The SMILES string of the molecule is NCCNC(=O)N1Cc2ccccc2CC1C(=O)O. The highest BCUT2D eigenvalue weighted by Gasteiger charge is 2.34. The summed E-state index contributed by atoms with van der Waals surface area (Å²) in [6.07, 6.45) is 0.335. The molecule has 2 amide bonds. The summed E-state index contributed by atoms with van der Waals surface area (Å²) in [6, 6.07) is 6.37. The molecule has 0 saturated carbocycles. The zero-order valence-electron chi connectivity index (χ0n) is 10.5. The van der Waals surface area contributed by atoms with Crippen molar-refractivity contribution in [2.24, 2.45) is 5.73 Å². The molecular weight excluding hydrogens is 246 g/mol. The number of carbonyl (C=O) groups excluding carboxylic acids is 1. The predicted octanol–water partition coefficient (Wildman–Crippen LogP) is 0.166. The van der Waals surface area contributed by atoms with Gasteiger partial charge < -0.3 is 21.1 Å². The number of aliphatic carboxylic acids is 1. The van der Waals surface area contributed by atoms with Crippen LogP contribution >= 0.6 is 0 Å². The standard InChI is InChI=1S/C13H17N3O3/c14-5-6-15-13(19)16-8-10-4-2-1-3-9(10)7-11(16)12(17)18/h1-4,11H,5-8,14H2,(H,15,19)(H,17,18). The molecule has 0 radical (unpaired) electrons. The van der Waals surface area contributed by atoms with Crippen LogP contribution in [0.5, 0.6) is 0 Å². The predicted molar refractivity (Wildman–Crippen MR) is 69.6 cm³/mol.